The highest BCUT2D eigenvalue weighted by atomic mass is 35.5. The molecule has 0 bridgehead atoms. The lowest BCUT2D eigenvalue weighted by Gasteiger charge is -2.15. The SMILES string of the molecule is CC(Oc1ccc(Cl)cc1)C(=O)Nc1ccc(S(=O)(=O)NCc2ccco2)cc1. The Morgan fingerprint density at radius 3 is 2.41 bits per heavy atom. The Labute approximate surface area is 173 Å². The molecule has 0 aliphatic carbocycles. The van der Waals surface area contributed by atoms with Crippen LogP contribution in [0.2, 0.25) is 5.02 Å². The van der Waals surface area contributed by atoms with Gasteiger partial charge in [0, 0.05) is 10.7 Å². The summed E-state index contributed by atoms with van der Waals surface area (Å²) in [5.74, 6) is 0.653. The second-order valence-electron chi connectivity index (χ2n) is 6.13. The van der Waals surface area contributed by atoms with E-state index in [0.29, 0.717) is 22.2 Å². The molecule has 1 atom stereocenters. The van der Waals surface area contributed by atoms with Crippen LogP contribution in [0.15, 0.2) is 76.2 Å². The maximum absolute atomic E-state index is 12.3. The van der Waals surface area contributed by atoms with E-state index in [1.54, 1.807) is 43.3 Å². The number of halogens is 1. The molecule has 0 spiro atoms. The van der Waals surface area contributed by atoms with Crippen molar-refractivity contribution in [3.8, 4) is 5.75 Å². The normalized spacial score (nSPS) is 12.3. The van der Waals surface area contributed by atoms with Gasteiger partial charge >= 0.3 is 0 Å². The predicted octanol–water partition coefficient (Wildman–Crippen LogP) is 3.82. The van der Waals surface area contributed by atoms with Gasteiger partial charge < -0.3 is 14.5 Å². The van der Waals surface area contributed by atoms with Gasteiger partial charge in [-0.2, -0.15) is 0 Å². The molecule has 1 heterocycles. The summed E-state index contributed by atoms with van der Waals surface area (Å²) in [5, 5.41) is 3.26. The summed E-state index contributed by atoms with van der Waals surface area (Å²) in [6.07, 6.45) is 0.716. The number of rotatable bonds is 8. The molecule has 2 aromatic carbocycles. The van der Waals surface area contributed by atoms with E-state index in [1.807, 2.05) is 0 Å². The van der Waals surface area contributed by atoms with Gasteiger partial charge in [-0.1, -0.05) is 11.6 Å². The summed E-state index contributed by atoms with van der Waals surface area (Å²) < 4.78 is 37.8. The van der Waals surface area contributed by atoms with Gasteiger partial charge in [-0.05, 0) is 67.6 Å². The Balaban J connectivity index is 1.57. The van der Waals surface area contributed by atoms with Crippen LogP contribution in [0.3, 0.4) is 0 Å². The molecule has 3 aromatic rings. The summed E-state index contributed by atoms with van der Waals surface area (Å²) >= 11 is 5.82. The number of nitrogens with one attached hydrogen (secondary N) is 2. The van der Waals surface area contributed by atoms with Crippen LogP contribution in [0.5, 0.6) is 5.75 Å². The molecule has 0 fully saturated rings. The Hall–Kier alpha value is -2.81. The first kappa shape index (κ1) is 20.9. The van der Waals surface area contributed by atoms with Crippen LogP contribution >= 0.6 is 11.6 Å². The zero-order chi connectivity index (χ0) is 20.9. The van der Waals surface area contributed by atoms with Crippen LogP contribution in [0, 0.1) is 0 Å². The zero-order valence-corrected chi connectivity index (χ0v) is 17.0. The summed E-state index contributed by atoms with van der Waals surface area (Å²) in [6, 6.07) is 15.9. The van der Waals surface area contributed by atoms with E-state index in [9.17, 15) is 13.2 Å². The number of ether oxygens (including phenoxy) is 1. The molecule has 1 aromatic heterocycles. The first-order valence-electron chi connectivity index (χ1n) is 8.69. The largest absolute Gasteiger partial charge is 0.481 e. The first-order valence-corrected chi connectivity index (χ1v) is 10.5. The summed E-state index contributed by atoms with van der Waals surface area (Å²) in [6.45, 7) is 1.66. The van der Waals surface area contributed by atoms with Crippen molar-refractivity contribution < 1.29 is 22.4 Å². The van der Waals surface area contributed by atoms with Crippen LogP contribution in [-0.2, 0) is 21.4 Å². The highest BCUT2D eigenvalue weighted by molar-refractivity contribution is 7.89. The molecular weight excluding hydrogens is 416 g/mol. The lowest BCUT2D eigenvalue weighted by atomic mass is 10.3. The number of benzene rings is 2. The van der Waals surface area contributed by atoms with Crippen molar-refractivity contribution in [3.63, 3.8) is 0 Å². The number of hydrogen-bond acceptors (Lipinski definition) is 5. The number of sulfonamides is 1. The molecule has 152 valence electrons. The van der Waals surface area contributed by atoms with Crippen LogP contribution in [0.25, 0.3) is 0 Å². The third kappa shape index (κ3) is 5.83. The van der Waals surface area contributed by atoms with Crippen molar-refractivity contribution in [1.82, 2.24) is 4.72 Å². The van der Waals surface area contributed by atoms with Crippen molar-refractivity contribution in [2.75, 3.05) is 5.32 Å². The second-order valence-corrected chi connectivity index (χ2v) is 8.33. The maximum atomic E-state index is 12.3. The fraction of sp³-hybridized carbons (Fsp3) is 0.150. The van der Waals surface area contributed by atoms with E-state index in [1.165, 1.54) is 30.5 Å². The number of furan rings is 1. The Bertz CT molecular complexity index is 1050. The average Bonchev–Trinajstić information content (AvgIpc) is 3.22. The highest BCUT2D eigenvalue weighted by Crippen LogP contribution is 2.18. The molecule has 0 aliphatic heterocycles. The van der Waals surface area contributed by atoms with Gasteiger partial charge in [-0.15, -0.1) is 0 Å². The van der Waals surface area contributed by atoms with Crippen molar-refractivity contribution >= 4 is 33.2 Å². The third-order valence-corrected chi connectivity index (χ3v) is 5.61. The lowest BCUT2D eigenvalue weighted by Crippen LogP contribution is -2.30. The van der Waals surface area contributed by atoms with Gasteiger partial charge in [0.1, 0.15) is 11.5 Å². The lowest BCUT2D eigenvalue weighted by molar-refractivity contribution is -0.122. The van der Waals surface area contributed by atoms with Gasteiger partial charge in [0.2, 0.25) is 10.0 Å². The molecular formula is C20H19ClN2O5S. The summed E-state index contributed by atoms with van der Waals surface area (Å²) in [4.78, 5) is 12.4. The molecule has 0 saturated carbocycles. The number of amides is 1. The number of hydrogen-bond donors (Lipinski definition) is 2. The topological polar surface area (TPSA) is 97.6 Å². The van der Waals surface area contributed by atoms with Crippen LogP contribution in [0.4, 0.5) is 5.69 Å². The standard InChI is InChI=1S/C20H19ClN2O5S/c1-14(28-17-8-4-15(21)5-9-17)20(24)23-16-6-10-19(11-7-16)29(25,26)22-13-18-3-2-12-27-18/h2-12,14,22H,13H2,1H3,(H,23,24). The highest BCUT2D eigenvalue weighted by Gasteiger charge is 2.17. The molecule has 3 rings (SSSR count). The molecule has 0 aliphatic rings. The number of carbonyl (C=O) groups excluding carboxylic acids is 1. The van der Waals surface area contributed by atoms with E-state index in [-0.39, 0.29) is 17.3 Å². The monoisotopic (exact) mass is 434 g/mol. The van der Waals surface area contributed by atoms with E-state index in [0.717, 1.165) is 0 Å². The van der Waals surface area contributed by atoms with Gasteiger partial charge in [-0.3, -0.25) is 4.79 Å². The Kier molecular flexibility index (Phi) is 6.58. The molecule has 2 N–H and O–H groups in total. The fourth-order valence-corrected chi connectivity index (χ4v) is 3.51. The predicted molar refractivity (Wildman–Crippen MR) is 109 cm³/mol. The first-order chi connectivity index (χ1) is 13.8. The van der Waals surface area contributed by atoms with Gasteiger partial charge in [0.05, 0.1) is 17.7 Å². The number of anilines is 1. The van der Waals surface area contributed by atoms with Crippen molar-refractivity contribution in [2.45, 2.75) is 24.5 Å². The van der Waals surface area contributed by atoms with Crippen molar-refractivity contribution in [2.24, 2.45) is 0 Å². The molecule has 0 saturated heterocycles. The summed E-state index contributed by atoms with van der Waals surface area (Å²) in [7, 11) is -3.70. The minimum absolute atomic E-state index is 0.0490. The Morgan fingerprint density at radius 1 is 1.10 bits per heavy atom. The Morgan fingerprint density at radius 2 is 1.79 bits per heavy atom. The van der Waals surface area contributed by atoms with Crippen LogP contribution in [0.1, 0.15) is 12.7 Å². The smallest absolute Gasteiger partial charge is 0.265 e. The molecule has 1 unspecified atom stereocenters. The maximum Gasteiger partial charge on any atom is 0.265 e. The van der Waals surface area contributed by atoms with Crippen molar-refractivity contribution in [3.05, 3.63) is 77.7 Å². The number of carbonyl (C=O) groups is 1. The van der Waals surface area contributed by atoms with Crippen LogP contribution in [-0.4, -0.2) is 20.4 Å². The average molecular weight is 435 g/mol. The second kappa shape index (κ2) is 9.13. The van der Waals surface area contributed by atoms with Crippen LogP contribution < -0.4 is 14.8 Å². The van der Waals surface area contributed by atoms with E-state index < -0.39 is 16.1 Å². The van der Waals surface area contributed by atoms with Gasteiger partial charge in [0.25, 0.3) is 5.91 Å². The van der Waals surface area contributed by atoms with E-state index in [4.69, 9.17) is 20.8 Å². The molecule has 29 heavy (non-hydrogen) atoms. The van der Waals surface area contributed by atoms with E-state index in [2.05, 4.69) is 10.0 Å². The minimum atomic E-state index is -3.70. The zero-order valence-electron chi connectivity index (χ0n) is 15.5. The molecule has 1 amide bonds. The fourth-order valence-electron chi connectivity index (χ4n) is 2.39. The molecule has 9 heteroatoms. The molecule has 7 nitrogen and oxygen atoms in total. The van der Waals surface area contributed by atoms with E-state index >= 15 is 0 Å². The van der Waals surface area contributed by atoms with Gasteiger partial charge in [-0.25, -0.2) is 13.1 Å². The minimum Gasteiger partial charge on any atom is -0.481 e. The quantitative estimate of drug-likeness (QED) is 0.561. The van der Waals surface area contributed by atoms with Gasteiger partial charge in [0.15, 0.2) is 6.10 Å². The van der Waals surface area contributed by atoms with Crippen molar-refractivity contribution in [1.29, 1.82) is 0 Å². The molecule has 0 radical (unpaired) electrons. The summed E-state index contributed by atoms with van der Waals surface area (Å²) in [5.41, 5.74) is 0.451. The third-order valence-electron chi connectivity index (χ3n) is 3.94.